The van der Waals surface area contributed by atoms with Crippen LogP contribution in [-0.4, -0.2) is 30.8 Å². The minimum absolute atomic E-state index is 0.216. The summed E-state index contributed by atoms with van der Waals surface area (Å²) in [5, 5.41) is 7.31. The Morgan fingerprint density at radius 3 is 2.25 bits per heavy atom. The molecule has 7 nitrogen and oxygen atoms in total. The van der Waals surface area contributed by atoms with Crippen LogP contribution in [0.4, 0.5) is 4.39 Å². The summed E-state index contributed by atoms with van der Waals surface area (Å²) in [6.45, 7) is -0.281. The normalized spacial score (nSPS) is 10.0. The van der Waals surface area contributed by atoms with Gasteiger partial charge in [-0.25, -0.2) is 4.39 Å². The second-order valence-corrected chi connectivity index (χ2v) is 4.82. The Labute approximate surface area is 137 Å². The lowest BCUT2D eigenvalue weighted by Crippen LogP contribution is -2.41. The van der Waals surface area contributed by atoms with Gasteiger partial charge in [-0.1, -0.05) is 0 Å². The van der Waals surface area contributed by atoms with Crippen LogP contribution >= 0.6 is 0 Å². The van der Waals surface area contributed by atoms with Gasteiger partial charge in [-0.3, -0.25) is 14.4 Å². The standard InChI is InChI=1S/C16H16FN3O4/c17-12-5-3-11(4-6-12)16(23)20-10-15(22)19-9-14(21)18-8-13-2-1-7-24-13/h1-7H,8-10H2,(H,18,21)(H,19,22)(H,20,23). The number of furan rings is 1. The third kappa shape index (κ3) is 5.56. The van der Waals surface area contributed by atoms with Crippen molar-refractivity contribution in [1.29, 1.82) is 0 Å². The van der Waals surface area contributed by atoms with Crippen molar-refractivity contribution in [2.45, 2.75) is 6.54 Å². The van der Waals surface area contributed by atoms with E-state index in [4.69, 9.17) is 4.42 Å². The zero-order valence-electron chi connectivity index (χ0n) is 12.7. The van der Waals surface area contributed by atoms with Gasteiger partial charge in [-0.2, -0.15) is 0 Å². The third-order valence-electron chi connectivity index (χ3n) is 3.00. The molecule has 24 heavy (non-hydrogen) atoms. The summed E-state index contributed by atoms with van der Waals surface area (Å²) < 4.78 is 17.8. The summed E-state index contributed by atoms with van der Waals surface area (Å²) in [5.41, 5.74) is 0.236. The summed E-state index contributed by atoms with van der Waals surface area (Å²) in [6, 6.07) is 8.34. The van der Waals surface area contributed by atoms with Gasteiger partial charge < -0.3 is 20.4 Å². The lowest BCUT2D eigenvalue weighted by atomic mass is 10.2. The maximum absolute atomic E-state index is 12.8. The van der Waals surface area contributed by atoms with Crippen molar-refractivity contribution in [3.8, 4) is 0 Å². The first kappa shape index (κ1) is 17.2. The average Bonchev–Trinajstić information content (AvgIpc) is 3.10. The molecule has 0 unspecified atom stereocenters. The molecule has 0 atom stereocenters. The molecule has 1 aromatic carbocycles. The summed E-state index contributed by atoms with van der Waals surface area (Å²) in [7, 11) is 0. The van der Waals surface area contributed by atoms with Crippen molar-refractivity contribution in [3.05, 3.63) is 59.8 Å². The molecule has 0 spiro atoms. The molecule has 0 aliphatic carbocycles. The van der Waals surface area contributed by atoms with E-state index < -0.39 is 17.6 Å². The van der Waals surface area contributed by atoms with Crippen molar-refractivity contribution in [3.63, 3.8) is 0 Å². The molecule has 3 amide bonds. The Balaban J connectivity index is 1.64. The number of carbonyl (C=O) groups is 3. The van der Waals surface area contributed by atoms with Crippen LogP contribution in [0.25, 0.3) is 0 Å². The van der Waals surface area contributed by atoms with Gasteiger partial charge in [0.05, 0.1) is 25.9 Å². The van der Waals surface area contributed by atoms with Gasteiger partial charge in [0, 0.05) is 5.56 Å². The number of nitrogens with one attached hydrogen (secondary N) is 3. The molecular formula is C16H16FN3O4. The van der Waals surface area contributed by atoms with E-state index in [-0.39, 0.29) is 31.1 Å². The number of hydrogen-bond acceptors (Lipinski definition) is 4. The molecule has 0 fully saturated rings. The van der Waals surface area contributed by atoms with Crippen LogP contribution in [0.5, 0.6) is 0 Å². The van der Waals surface area contributed by atoms with Gasteiger partial charge in [0.1, 0.15) is 11.6 Å². The molecule has 1 heterocycles. The molecule has 0 aliphatic heterocycles. The maximum Gasteiger partial charge on any atom is 0.251 e. The number of benzene rings is 1. The van der Waals surface area contributed by atoms with Crippen molar-refractivity contribution >= 4 is 17.7 Å². The van der Waals surface area contributed by atoms with Gasteiger partial charge in [0.15, 0.2) is 0 Å². The summed E-state index contributed by atoms with van der Waals surface area (Å²) in [4.78, 5) is 34.9. The van der Waals surface area contributed by atoms with Gasteiger partial charge in [-0.15, -0.1) is 0 Å². The van der Waals surface area contributed by atoms with Crippen molar-refractivity contribution < 1.29 is 23.2 Å². The van der Waals surface area contributed by atoms with Gasteiger partial charge in [0.25, 0.3) is 5.91 Å². The topological polar surface area (TPSA) is 100 Å². The molecule has 0 bridgehead atoms. The first-order valence-electron chi connectivity index (χ1n) is 7.14. The Morgan fingerprint density at radius 1 is 0.917 bits per heavy atom. The van der Waals surface area contributed by atoms with E-state index in [2.05, 4.69) is 16.0 Å². The smallest absolute Gasteiger partial charge is 0.251 e. The molecule has 0 aliphatic rings. The van der Waals surface area contributed by atoms with Crippen molar-refractivity contribution in [1.82, 2.24) is 16.0 Å². The van der Waals surface area contributed by atoms with E-state index in [1.54, 1.807) is 12.1 Å². The Kier molecular flexibility index (Phi) is 6.07. The predicted octanol–water partition coefficient (Wildman–Crippen LogP) is 0.581. The van der Waals surface area contributed by atoms with E-state index in [0.29, 0.717) is 5.76 Å². The molecule has 126 valence electrons. The van der Waals surface area contributed by atoms with Gasteiger partial charge in [-0.05, 0) is 36.4 Å². The lowest BCUT2D eigenvalue weighted by molar-refractivity contribution is -0.125. The van der Waals surface area contributed by atoms with Crippen LogP contribution in [0.3, 0.4) is 0 Å². The molecule has 0 saturated carbocycles. The summed E-state index contributed by atoms with van der Waals surface area (Å²) in [5.74, 6) is -1.26. The quantitative estimate of drug-likeness (QED) is 0.690. The number of halogens is 1. The largest absolute Gasteiger partial charge is 0.467 e. The van der Waals surface area contributed by atoms with Crippen molar-refractivity contribution in [2.75, 3.05) is 13.1 Å². The number of rotatable bonds is 7. The van der Waals surface area contributed by atoms with Crippen LogP contribution in [-0.2, 0) is 16.1 Å². The second-order valence-electron chi connectivity index (χ2n) is 4.82. The third-order valence-corrected chi connectivity index (χ3v) is 3.00. The lowest BCUT2D eigenvalue weighted by Gasteiger charge is -2.07. The van der Waals surface area contributed by atoms with E-state index in [1.165, 1.54) is 18.4 Å². The Hall–Kier alpha value is -3.16. The number of amides is 3. The minimum atomic E-state index is -0.515. The predicted molar refractivity (Wildman–Crippen MR) is 82.3 cm³/mol. The first-order valence-corrected chi connectivity index (χ1v) is 7.14. The maximum atomic E-state index is 12.8. The van der Waals surface area contributed by atoms with Gasteiger partial charge >= 0.3 is 0 Å². The Bertz CT molecular complexity index is 699. The zero-order chi connectivity index (χ0) is 17.4. The van der Waals surface area contributed by atoms with Crippen LogP contribution in [0.1, 0.15) is 16.1 Å². The van der Waals surface area contributed by atoms with Crippen LogP contribution in [0.2, 0.25) is 0 Å². The molecular weight excluding hydrogens is 317 g/mol. The second kappa shape index (κ2) is 8.47. The highest BCUT2D eigenvalue weighted by atomic mass is 19.1. The molecule has 0 saturated heterocycles. The van der Waals surface area contributed by atoms with E-state index in [1.807, 2.05) is 0 Å². The molecule has 0 radical (unpaired) electrons. The highest BCUT2D eigenvalue weighted by molar-refractivity contribution is 5.96. The molecule has 2 rings (SSSR count). The average molecular weight is 333 g/mol. The first-order chi connectivity index (χ1) is 11.5. The highest BCUT2D eigenvalue weighted by Gasteiger charge is 2.09. The van der Waals surface area contributed by atoms with Crippen LogP contribution < -0.4 is 16.0 Å². The van der Waals surface area contributed by atoms with Crippen LogP contribution in [0.15, 0.2) is 47.1 Å². The fourth-order valence-electron chi connectivity index (χ4n) is 1.77. The number of carbonyl (C=O) groups excluding carboxylic acids is 3. The summed E-state index contributed by atoms with van der Waals surface area (Å²) >= 11 is 0. The van der Waals surface area contributed by atoms with Crippen LogP contribution in [0, 0.1) is 5.82 Å². The highest BCUT2D eigenvalue weighted by Crippen LogP contribution is 2.02. The Morgan fingerprint density at radius 2 is 1.58 bits per heavy atom. The van der Waals surface area contributed by atoms with Crippen molar-refractivity contribution in [2.24, 2.45) is 0 Å². The molecule has 1 aromatic heterocycles. The summed E-state index contributed by atoms with van der Waals surface area (Å²) in [6.07, 6.45) is 1.49. The van der Waals surface area contributed by atoms with E-state index in [9.17, 15) is 18.8 Å². The minimum Gasteiger partial charge on any atom is -0.467 e. The fourth-order valence-corrected chi connectivity index (χ4v) is 1.77. The molecule has 8 heteroatoms. The molecule has 2 aromatic rings. The van der Waals surface area contributed by atoms with E-state index >= 15 is 0 Å². The fraction of sp³-hybridized carbons (Fsp3) is 0.188. The monoisotopic (exact) mass is 333 g/mol. The number of hydrogen-bond donors (Lipinski definition) is 3. The SMILES string of the molecule is O=C(CNC(=O)CNC(=O)c1ccc(F)cc1)NCc1ccco1. The molecule has 3 N–H and O–H groups in total. The zero-order valence-corrected chi connectivity index (χ0v) is 12.7. The van der Waals surface area contributed by atoms with E-state index in [0.717, 1.165) is 12.1 Å². The van der Waals surface area contributed by atoms with Gasteiger partial charge in [0.2, 0.25) is 11.8 Å².